The number of carboxylic acids is 1. The summed E-state index contributed by atoms with van der Waals surface area (Å²) in [6.07, 6.45) is 5.56. The van der Waals surface area contributed by atoms with Gasteiger partial charge in [-0.05, 0) is 78.9 Å². The molecule has 0 unspecified atom stereocenters. The average Bonchev–Trinajstić information content (AvgIpc) is 2.81. The van der Waals surface area contributed by atoms with E-state index in [1.807, 2.05) is 24.3 Å². The van der Waals surface area contributed by atoms with Crippen LogP contribution < -0.4 is 5.32 Å². The summed E-state index contributed by atoms with van der Waals surface area (Å²) >= 11 is 0. The van der Waals surface area contributed by atoms with Crippen LogP contribution in [0.25, 0.3) is 17.2 Å². The van der Waals surface area contributed by atoms with Crippen LogP contribution in [0.4, 0.5) is 4.79 Å². The van der Waals surface area contributed by atoms with Crippen molar-refractivity contribution in [3.8, 4) is 11.1 Å². The SMILES string of the molecule is CC(C)(C)OC(=O)NCc1ccc(C(=O)Cc2ccncc2)cc1-c1cccc(/C=C/C(=O)O)c1. The number of amides is 1. The Kier molecular flexibility index (Phi) is 8.15. The van der Waals surface area contributed by atoms with Gasteiger partial charge in [-0.15, -0.1) is 0 Å². The molecule has 0 atom stereocenters. The summed E-state index contributed by atoms with van der Waals surface area (Å²) in [7, 11) is 0. The van der Waals surface area contributed by atoms with Gasteiger partial charge >= 0.3 is 12.1 Å². The minimum atomic E-state index is -1.04. The second kappa shape index (κ2) is 11.2. The number of aliphatic carboxylic acids is 1. The molecule has 1 heterocycles. The summed E-state index contributed by atoms with van der Waals surface area (Å²) in [5.74, 6) is -1.09. The predicted molar refractivity (Wildman–Crippen MR) is 134 cm³/mol. The van der Waals surface area contributed by atoms with E-state index in [1.165, 1.54) is 6.08 Å². The maximum atomic E-state index is 13.0. The Hall–Kier alpha value is -4.26. The fourth-order valence-electron chi connectivity index (χ4n) is 3.42. The van der Waals surface area contributed by atoms with E-state index in [0.717, 1.165) is 28.3 Å². The maximum absolute atomic E-state index is 13.0. The molecule has 2 aromatic carbocycles. The van der Waals surface area contributed by atoms with Crippen molar-refractivity contribution in [3.05, 3.63) is 95.3 Å². The summed E-state index contributed by atoms with van der Waals surface area (Å²) in [4.78, 5) is 40.1. The highest BCUT2D eigenvalue weighted by molar-refractivity contribution is 5.99. The van der Waals surface area contributed by atoms with Gasteiger partial charge in [0.15, 0.2) is 5.78 Å². The lowest BCUT2D eigenvalue weighted by atomic mass is 9.93. The Morgan fingerprint density at radius 2 is 1.77 bits per heavy atom. The van der Waals surface area contributed by atoms with Crippen molar-refractivity contribution >= 4 is 23.9 Å². The molecule has 0 saturated heterocycles. The Bertz CT molecular complexity index is 1240. The third-order valence-corrected chi connectivity index (χ3v) is 4.98. The van der Waals surface area contributed by atoms with Crippen molar-refractivity contribution in [3.63, 3.8) is 0 Å². The molecule has 0 aliphatic carbocycles. The number of carbonyl (C=O) groups is 3. The van der Waals surface area contributed by atoms with Gasteiger partial charge in [-0.2, -0.15) is 0 Å². The smallest absolute Gasteiger partial charge is 0.407 e. The van der Waals surface area contributed by atoms with E-state index in [1.54, 1.807) is 63.5 Å². The molecule has 0 bridgehead atoms. The lowest BCUT2D eigenvalue weighted by molar-refractivity contribution is -0.131. The molecule has 35 heavy (non-hydrogen) atoms. The average molecular weight is 473 g/mol. The van der Waals surface area contributed by atoms with Crippen molar-refractivity contribution < 1.29 is 24.2 Å². The molecule has 1 aromatic heterocycles. The zero-order chi connectivity index (χ0) is 25.4. The fourth-order valence-corrected chi connectivity index (χ4v) is 3.42. The molecule has 0 radical (unpaired) electrons. The molecule has 2 N–H and O–H groups in total. The molecular weight excluding hydrogens is 444 g/mol. The van der Waals surface area contributed by atoms with E-state index in [0.29, 0.717) is 11.1 Å². The predicted octanol–water partition coefficient (Wildman–Crippen LogP) is 5.30. The third-order valence-electron chi connectivity index (χ3n) is 4.98. The zero-order valence-corrected chi connectivity index (χ0v) is 19.9. The lowest BCUT2D eigenvalue weighted by Crippen LogP contribution is -2.32. The molecule has 1 amide bonds. The van der Waals surface area contributed by atoms with E-state index in [9.17, 15) is 14.4 Å². The monoisotopic (exact) mass is 472 g/mol. The Balaban J connectivity index is 1.94. The fraction of sp³-hybridized carbons (Fsp3) is 0.214. The van der Waals surface area contributed by atoms with Gasteiger partial charge in [0.1, 0.15) is 5.60 Å². The van der Waals surface area contributed by atoms with Crippen LogP contribution in [-0.4, -0.2) is 33.5 Å². The van der Waals surface area contributed by atoms with Crippen molar-refractivity contribution in [2.24, 2.45) is 0 Å². The summed E-state index contributed by atoms with van der Waals surface area (Å²) in [6.45, 7) is 5.56. The number of nitrogens with one attached hydrogen (secondary N) is 1. The Labute approximate surface area is 204 Å². The van der Waals surface area contributed by atoms with Gasteiger partial charge in [-0.25, -0.2) is 9.59 Å². The normalized spacial score (nSPS) is 11.3. The van der Waals surface area contributed by atoms with Crippen LogP contribution in [0, 0.1) is 0 Å². The molecule has 7 heteroatoms. The number of aromatic nitrogens is 1. The van der Waals surface area contributed by atoms with Crippen molar-refractivity contribution in [1.82, 2.24) is 10.3 Å². The number of ether oxygens (including phenoxy) is 1. The summed E-state index contributed by atoms with van der Waals surface area (Å²) in [6, 6.07) is 16.3. The number of carbonyl (C=O) groups excluding carboxylic acids is 2. The number of alkyl carbamates (subject to hydrolysis) is 1. The molecule has 180 valence electrons. The van der Waals surface area contributed by atoms with Crippen molar-refractivity contribution in [1.29, 1.82) is 0 Å². The second-order valence-corrected chi connectivity index (χ2v) is 8.98. The Morgan fingerprint density at radius 1 is 1.03 bits per heavy atom. The highest BCUT2D eigenvalue weighted by Crippen LogP contribution is 2.27. The van der Waals surface area contributed by atoms with E-state index in [2.05, 4.69) is 10.3 Å². The van der Waals surface area contributed by atoms with Gasteiger partial charge in [0.25, 0.3) is 0 Å². The zero-order valence-electron chi connectivity index (χ0n) is 19.9. The highest BCUT2D eigenvalue weighted by Gasteiger charge is 2.17. The molecule has 0 spiro atoms. The quantitative estimate of drug-likeness (QED) is 0.341. The topological polar surface area (TPSA) is 106 Å². The molecule has 0 aliphatic rings. The van der Waals surface area contributed by atoms with Crippen LogP contribution in [0.3, 0.4) is 0 Å². The number of ketones is 1. The van der Waals surface area contributed by atoms with E-state index < -0.39 is 17.7 Å². The second-order valence-electron chi connectivity index (χ2n) is 8.98. The molecule has 0 saturated carbocycles. The van der Waals surface area contributed by atoms with Crippen LogP contribution in [0.15, 0.2) is 73.1 Å². The van der Waals surface area contributed by atoms with Crippen molar-refractivity contribution in [2.45, 2.75) is 39.3 Å². The van der Waals surface area contributed by atoms with E-state index in [-0.39, 0.29) is 18.7 Å². The first kappa shape index (κ1) is 25.4. The molecule has 3 rings (SSSR count). The van der Waals surface area contributed by atoms with Gasteiger partial charge in [-0.1, -0.05) is 30.3 Å². The number of hydrogen-bond acceptors (Lipinski definition) is 5. The standard InChI is InChI=1S/C28H28N2O5/c1-28(2,3)35-27(34)30-18-23-9-8-22(25(31)16-20-11-13-29-14-12-20)17-24(23)21-6-4-5-19(15-21)7-10-26(32)33/h4-15,17H,16,18H2,1-3H3,(H,30,34)(H,32,33)/b10-7+. The first-order valence-electron chi connectivity index (χ1n) is 11.1. The van der Waals surface area contributed by atoms with Crippen LogP contribution in [0.2, 0.25) is 0 Å². The summed E-state index contributed by atoms with van der Waals surface area (Å²) in [5, 5.41) is 11.7. The number of Topliss-reactive ketones (excluding diaryl/α,β-unsaturated/α-hetero) is 1. The third kappa shape index (κ3) is 7.92. The first-order chi connectivity index (χ1) is 16.6. The van der Waals surface area contributed by atoms with Crippen LogP contribution in [0.1, 0.15) is 47.8 Å². The molecule has 0 fully saturated rings. The van der Waals surface area contributed by atoms with Gasteiger partial charge < -0.3 is 15.2 Å². The number of nitrogens with zero attached hydrogens (tertiary/aromatic N) is 1. The number of rotatable bonds is 8. The molecule has 3 aromatic rings. The van der Waals surface area contributed by atoms with Gasteiger partial charge in [0.05, 0.1) is 0 Å². The van der Waals surface area contributed by atoms with Crippen molar-refractivity contribution in [2.75, 3.05) is 0 Å². The molecule has 7 nitrogen and oxygen atoms in total. The van der Waals surface area contributed by atoms with Crippen LogP contribution in [0.5, 0.6) is 0 Å². The van der Waals surface area contributed by atoms with Gasteiger partial charge in [-0.3, -0.25) is 9.78 Å². The number of hydrogen-bond donors (Lipinski definition) is 2. The van der Waals surface area contributed by atoms with Gasteiger partial charge in [0.2, 0.25) is 0 Å². The first-order valence-corrected chi connectivity index (χ1v) is 11.1. The van der Waals surface area contributed by atoms with Crippen LogP contribution >= 0.6 is 0 Å². The largest absolute Gasteiger partial charge is 0.478 e. The van der Waals surface area contributed by atoms with Gasteiger partial charge in [0, 0.05) is 37.0 Å². The number of benzene rings is 2. The highest BCUT2D eigenvalue weighted by atomic mass is 16.6. The minimum absolute atomic E-state index is 0.0500. The van der Waals surface area contributed by atoms with E-state index >= 15 is 0 Å². The lowest BCUT2D eigenvalue weighted by Gasteiger charge is -2.20. The van der Waals surface area contributed by atoms with E-state index in [4.69, 9.17) is 9.84 Å². The Morgan fingerprint density at radius 3 is 2.46 bits per heavy atom. The number of carboxylic acid groups (broad SMARTS) is 1. The number of pyridine rings is 1. The minimum Gasteiger partial charge on any atom is -0.478 e. The summed E-state index contributed by atoms with van der Waals surface area (Å²) in [5.41, 5.74) is 3.80. The molecule has 0 aliphatic heterocycles. The van der Waals surface area contributed by atoms with Crippen LogP contribution in [-0.2, 0) is 22.5 Å². The maximum Gasteiger partial charge on any atom is 0.407 e. The summed E-state index contributed by atoms with van der Waals surface area (Å²) < 4.78 is 5.33. The molecular formula is C28H28N2O5.